The van der Waals surface area contributed by atoms with Crippen molar-refractivity contribution in [2.75, 3.05) is 20.8 Å². The maximum absolute atomic E-state index is 12.4. The van der Waals surface area contributed by atoms with Crippen molar-refractivity contribution in [3.8, 4) is 11.8 Å². The molecule has 0 N–H and O–H groups in total. The lowest BCUT2D eigenvalue weighted by Gasteiger charge is -2.11. The zero-order valence-corrected chi connectivity index (χ0v) is 15.8. The standard InChI is InChI=1S/C17H19ClN2O4S/c1-4-5-9-24-16(21)15-11(18)7-6-8-12(15)25-17-19-13(22-2)10-14(20-17)23-3/h6-8,10H,4-5,9H2,1-3H3. The van der Waals surface area contributed by atoms with Crippen LogP contribution in [-0.2, 0) is 4.74 Å². The van der Waals surface area contributed by atoms with Gasteiger partial charge in [0.05, 0.1) is 37.5 Å². The van der Waals surface area contributed by atoms with Crippen LogP contribution in [0.25, 0.3) is 0 Å². The van der Waals surface area contributed by atoms with Crippen molar-refractivity contribution in [3.63, 3.8) is 0 Å². The lowest BCUT2D eigenvalue weighted by molar-refractivity contribution is 0.0496. The number of hydrogen-bond donors (Lipinski definition) is 0. The highest BCUT2D eigenvalue weighted by Gasteiger charge is 2.19. The molecule has 0 aliphatic heterocycles. The van der Waals surface area contributed by atoms with Gasteiger partial charge in [0.15, 0.2) is 5.16 Å². The van der Waals surface area contributed by atoms with Crippen LogP contribution in [0.4, 0.5) is 0 Å². The molecule has 0 atom stereocenters. The Labute approximate surface area is 155 Å². The van der Waals surface area contributed by atoms with E-state index in [0.29, 0.717) is 39.0 Å². The number of esters is 1. The van der Waals surface area contributed by atoms with Crippen LogP contribution in [0.2, 0.25) is 5.02 Å². The molecule has 2 aromatic rings. The van der Waals surface area contributed by atoms with Crippen LogP contribution in [0.5, 0.6) is 11.8 Å². The van der Waals surface area contributed by atoms with Gasteiger partial charge in [-0.2, -0.15) is 9.97 Å². The van der Waals surface area contributed by atoms with E-state index in [9.17, 15) is 4.79 Å². The third-order valence-corrected chi connectivity index (χ3v) is 4.43. The maximum Gasteiger partial charge on any atom is 0.340 e. The van der Waals surface area contributed by atoms with Gasteiger partial charge in [0.2, 0.25) is 11.8 Å². The molecule has 0 amide bonds. The fourth-order valence-corrected chi connectivity index (χ4v) is 3.12. The summed E-state index contributed by atoms with van der Waals surface area (Å²) < 4.78 is 15.6. The topological polar surface area (TPSA) is 70.5 Å². The molecule has 1 heterocycles. The zero-order valence-electron chi connectivity index (χ0n) is 14.2. The van der Waals surface area contributed by atoms with E-state index in [2.05, 4.69) is 9.97 Å². The summed E-state index contributed by atoms with van der Waals surface area (Å²) in [6.45, 7) is 2.38. The number of carbonyl (C=O) groups is 1. The average Bonchev–Trinajstić information content (AvgIpc) is 2.61. The molecular formula is C17H19ClN2O4S. The SMILES string of the molecule is CCCCOC(=O)c1c(Cl)cccc1Sc1nc(OC)cc(OC)n1. The number of benzene rings is 1. The number of hydrogen-bond acceptors (Lipinski definition) is 7. The molecule has 0 spiro atoms. The summed E-state index contributed by atoms with van der Waals surface area (Å²) in [7, 11) is 3.01. The van der Waals surface area contributed by atoms with Crippen LogP contribution in [0.15, 0.2) is 34.3 Å². The molecule has 2 rings (SSSR count). The summed E-state index contributed by atoms with van der Waals surface area (Å²) in [6.07, 6.45) is 1.74. The van der Waals surface area contributed by atoms with E-state index in [1.807, 2.05) is 6.92 Å². The number of rotatable bonds is 8. The molecule has 0 aliphatic carbocycles. The quantitative estimate of drug-likeness (QED) is 0.384. The largest absolute Gasteiger partial charge is 0.481 e. The number of aromatic nitrogens is 2. The number of methoxy groups -OCH3 is 2. The summed E-state index contributed by atoms with van der Waals surface area (Å²) >= 11 is 7.40. The van der Waals surface area contributed by atoms with Gasteiger partial charge in [-0.1, -0.05) is 31.0 Å². The highest BCUT2D eigenvalue weighted by Crippen LogP contribution is 2.34. The molecule has 0 unspecified atom stereocenters. The normalized spacial score (nSPS) is 10.4. The van der Waals surface area contributed by atoms with Crippen LogP contribution in [-0.4, -0.2) is 36.8 Å². The highest BCUT2D eigenvalue weighted by molar-refractivity contribution is 7.99. The summed E-state index contributed by atoms with van der Waals surface area (Å²) in [6, 6.07) is 6.74. The van der Waals surface area contributed by atoms with Crippen molar-refractivity contribution in [1.29, 1.82) is 0 Å². The molecule has 0 saturated carbocycles. The van der Waals surface area contributed by atoms with E-state index >= 15 is 0 Å². The first-order chi connectivity index (χ1) is 12.1. The van der Waals surface area contributed by atoms with E-state index in [1.165, 1.54) is 26.0 Å². The number of halogens is 1. The van der Waals surface area contributed by atoms with Gasteiger partial charge in [-0.3, -0.25) is 0 Å². The summed E-state index contributed by atoms with van der Waals surface area (Å²) in [5.74, 6) is 0.267. The predicted octanol–water partition coefficient (Wildman–Crippen LogP) is 4.26. The van der Waals surface area contributed by atoms with E-state index in [0.717, 1.165) is 12.8 Å². The molecule has 6 nitrogen and oxygen atoms in total. The second-order valence-electron chi connectivity index (χ2n) is 4.94. The second-order valence-corrected chi connectivity index (χ2v) is 6.36. The van der Waals surface area contributed by atoms with Gasteiger partial charge in [-0.05, 0) is 30.3 Å². The first kappa shape index (κ1) is 19.3. The molecule has 134 valence electrons. The second kappa shape index (κ2) is 9.48. The Hall–Kier alpha value is -1.99. The monoisotopic (exact) mass is 382 g/mol. The lowest BCUT2D eigenvalue weighted by Crippen LogP contribution is -2.08. The first-order valence-electron chi connectivity index (χ1n) is 7.69. The van der Waals surface area contributed by atoms with Gasteiger partial charge in [-0.15, -0.1) is 0 Å². The van der Waals surface area contributed by atoms with Crippen LogP contribution >= 0.6 is 23.4 Å². The summed E-state index contributed by atoms with van der Waals surface area (Å²) in [4.78, 5) is 21.5. The molecule has 0 radical (unpaired) electrons. The third-order valence-electron chi connectivity index (χ3n) is 3.19. The fourth-order valence-electron chi connectivity index (χ4n) is 1.91. The van der Waals surface area contributed by atoms with Crippen molar-refractivity contribution in [2.45, 2.75) is 29.8 Å². The van der Waals surface area contributed by atoms with E-state index < -0.39 is 5.97 Å². The minimum Gasteiger partial charge on any atom is -0.481 e. The third kappa shape index (κ3) is 5.24. The molecule has 1 aromatic carbocycles. The molecular weight excluding hydrogens is 364 g/mol. The van der Waals surface area contributed by atoms with Crippen molar-refractivity contribution in [1.82, 2.24) is 9.97 Å². The minimum atomic E-state index is -0.462. The Morgan fingerprint density at radius 3 is 2.48 bits per heavy atom. The molecule has 25 heavy (non-hydrogen) atoms. The number of unbranched alkanes of at least 4 members (excludes halogenated alkanes) is 1. The van der Waals surface area contributed by atoms with Gasteiger partial charge in [0, 0.05) is 4.90 Å². The van der Waals surface area contributed by atoms with E-state index in [-0.39, 0.29) is 0 Å². The molecule has 0 saturated heterocycles. The molecule has 8 heteroatoms. The summed E-state index contributed by atoms with van der Waals surface area (Å²) in [5.41, 5.74) is 0.302. The Morgan fingerprint density at radius 1 is 1.20 bits per heavy atom. The van der Waals surface area contributed by atoms with Gasteiger partial charge in [0.25, 0.3) is 0 Å². The van der Waals surface area contributed by atoms with Gasteiger partial charge < -0.3 is 14.2 Å². The predicted molar refractivity (Wildman–Crippen MR) is 95.9 cm³/mol. The maximum atomic E-state index is 12.4. The number of carbonyl (C=O) groups excluding carboxylic acids is 1. The molecule has 1 aromatic heterocycles. The van der Waals surface area contributed by atoms with Crippen LogP contribution in [0, 0.1) is 0 Å². The smallest absolute Gasteiger partial charge is 0.340 e. The Morgan fingerprint density at radius 2 is 1.88 bits per heavy atom. The lowest BCUT2D eigenvalue weighted by atomic mass is 10.2. The van der Waals surface area contributed by atoms with Crippen LogP contribution in [0.1, 0.15) is 30.1 Å². The van der Waals surface area contributed by atoms with E-state index in [1.54, 1.807) is 24.3 Å². The molecule has 0 bridgehead atoms. The number of nitrogens with zero attached hydrogens (tertiary/aromatic N) is 2. The van der Waals surface area contributed by atoms with Crippen LogP contribution in [0.3, 0.4) is 0 Å². The van der Waals surface area contributed by atoms with Gasteiger partial charge in [-0.25, -0.2) is 4.79 Å². The minimum absolute atomic E-state index is 0.302. The molecule has 0 aliphatic rings. The zero-order chi connectivity index (χ0) is 18.2. The van der Waals surface area contributed by atoms with Crippen molar-refractivity contribution < 1.29 is 19.0 Å². The summed E-state index contributed by atoms with van der Waals surface area (Å²) in [5, 5.41) is 0.697. The van der Waals surface area contributed by atoms with Gasteiger partial charge >= 0.3 is 5.97 Å². The molecule has 0 fully saturated rings. The van der Waals surface area contributed by atoms with Gasteiger partial charge in [0.1, 0.15) is 0 Å². The number of ether oxygens (including phenoxy) is 3. The van der Waals surface area contributed by atoms with Crippen molar-refractivity contribution in [2.24, 2.45) is 0 Å². The first-order valence-corrected chi connectivity index (χ1v) is 8.89. The Kier molecular flexibility index (Phi) is 7.33. The highest BCUT2D eigenvalue weighted by atomic mass is 35.5. The fraction of sp³-hybridized carbons (Fsp3) is 0.353. The Bertz CT molecular complexity index is 720. The average molecular weight is 383 g/mol. The van der Waals surface area contributed by atoms with Crippen LogP contribution < -0.4 is 9.47 Å². The Balaban J connectivity index is 2.31. The van der Waals surface area contributed by atoms with E-state index in [4.69, 9.17) is 25.8 Å². The van der Waals surface area contributed by atoms with Crippen molar-refractivity contribution >= 4 is 29.3 Å². The van der Waals surface area contributed by atoms with Crippen molar-refractivity contribution in [3.05, 3.63) is 34.9 Å².